The molecule has 0 amide bonds. The van der Waals surface area contributed by atoms with Crippen LogP contribution in [0.3, 0.4) is 0 Å². The van der Waals surface area contributed by atoms with E-state index >= 15 is 0 Å². The van der Waals surface area contributed by atoms with Crippen LogP contribution in [-0.2, 0) is 16.1 Å². The van der Waals surface area contributed by atoms with Gasteiger partial charge in [-0.25, -0.2) is 4.90 Å². The third kappa shape index (κ3) is 4.01. The summed E-state index contributed by atoms with van der Waals surface area (Å²) in [4.78, 5) is 24.5. The Morgan fingerprint density at radius 1 is 1.43 bits per heavy atom. The second-order valence-electron chi connectivity index (χ2n) is 5.21. The van der Waals surface area contributed by atoms with Crippen LogP contribution in [0.2, 0.25) is 0 Å². The van der Waals surface area contributed by atoms with Crippen molar-refractivity contribution in [3.8, 4) is 0 Å². The van der Waals surface area contributed by atoms with E-state index in [0.29, 0.717) is 26.1 Å². The molecule has 1 aliphatic rings. The summed E-state index contributed by atoms with van der Waals surface area (Å²) in [5, 5.41) is 11.4. The maximum atomic E-state index is 11.6. The average Bonchev–Trinajstić information content (AvgIpc) is 2.82. The van der Waals surface area contributed by atoms with Gasteiger partial charge in [0.25, 0.3) is 6.17 Å². The van der Waals surface area contributed by atoms with Crippen LogP contribution in [0, 0.1) is 16.0 Å². The molecule has 0 aromatic heterocycles. The van der Waals surface area contributed by atoms with Crippen molar-refractivity contribution >= 4 is 5.97 Å². The van der Waals surface area contributed by atoms with E-state index in [2.05, 4.69) is 0 Å². The fraction of sp³-hybridized carbons (Fsp3) is 0.533. The first-order valence-electron chi connectivity index (χ1n) is 7.19. The molecule has 21 heavy (non-hydrogen) atoms. The molecule has 2 rings (SSSR count). The number of rotatable bonds is 6. The Balaban J connectivity index is 2.03. The van der Waals surface area contributed by atoms with Crippen molar-refractivity contribution in [2.75, 3.05) is 13.2 Å². The minimum absolute atomic E-state index is 0.116. The van der Waals surface area contributed by atoms with Gasteiger partial charge in [-0.3, -0.25) is 14.9 Å². The van der Waals surface area contributed by atoms with Gasteiger partial charge in [-0.2, -0.15) is 0 Å². The lowest BCUT2D eigenvalue weighted by atomic mass is 10.0. The molecular formula is C15H20N2O4. The molecule has 1 fully saturated rings. The van der Waals surface area contributed by atoms with Crippen molar-refractivity contribution in [1.82, 2.24) is 4.90 Å². The van der Waals surface area contributed by atoms with Gasteiger partial charge in [-0.15, -0.1) is 0 Å². The highest BCUT2D eigenvalue weighted by molar-refractivity contribution is 5.69. The number of carbonyl (C=O) groups is 1. The van der Waals surface area contributed by atoms with Crippen molar-refractivity contribution in [1.29, 1.82) is 0 Å². The summed E-state index contributed by atoms with van der Waals surface area (Å²) in [6.45, 7) is 3.21. The molecule has 1 saturated heterocycles. The van der Waals surface area contributed by atoms with Crippen molar-refractivity contribution in [3.05, 3.63) is 46.0 Å². The molecule has 0 spiro atoms. The molecule has 0 saturated carbocycles. The SMILES string of the molecule is CCOC(=O)CC1CCN(Cc2ccccc2)C1[N+](=O)[O-]. The Bertz CT molecular complexity index is 492. The Labute approximate surface area is 123 Å². The smallest absolute Gasteiger partial charge is 0.306 e. The number of benzene rings is 1. The fourth-order valence-electron chi connectivity index (χ4n) is 2.85. The standard InChI is InChI=1S/C15H20N2O4/c1-2-21-14(18)10-13-8-9-16(15(13)17(19)20)11-12-6-4-3-5-7-12/h3-7,13,15H,2,8-11H2,1H3. The molecule has 1 aromatic rings. The Morgan fingerprint density at radius 3 is 2.76 bits per heavy atom. The molecule has 1 aromatic carbocycles. The van der Waals surface area contributed by atoms with Gasteiger partial charge >= 0.3 is 5.97 Å². The maximum absolute atomic E-state index is 11.6. The molecule has 1 aliphatic heterocycles. The zero-order valence-electron chi connectivity index (χ0n) is 12.1. The van der Waals surface area contributed by atoms with Crippen molar-refractivity contribution in [3.63, 3.8) is 0 Å². The summed E-state index contributed by atoms with van der Waals surface area (Å²) in [5.41, 5.74) is 1.04. The van der Waals surface area contributed by atoms with Gasteiger partial charge in [-0.1, -0.05) is 30.3 Å². The van der Waals surface area contributed by atoms with Gasteiger partial charge in [0.2, 0.25) is 0 Å². The van der Waals surface area contributed by atoms with Crippen molar-refractivity contribution in [2.24, 2.45) is 5.92 Å². The summed E-state index contributed by atoms with van der Waals surface area (Å²) in [6, 6.07) is 9.67. The van der Waals surface area contributed by atoms with Gasteiger partial charge in [0.1, 0.15) is 0 Å². The zero-order valence-corrected chi connectivity index (χ0v) is 12.1. The normalized spacial score (nSPS) is 22.1. The van der Waals surface area contributed by atoms with Crippen LogP contribution in [0.25, 0.3) is 0 Å². The number of carbonyl (C=O) groups excluding carboxylic acids is 1. The van der Waals surface area contributed by atoms with E-state index in [9.17, 15) is 14.9 Å². The molecule has 2 atom stereocenters. The second kappa shape index (κ2) is 7.17. The molecule has 114 valence electrons. The lowest BCUT2D eigenvalue weighted by Crippen LogP contribution is -2.39. The van der Waals surface area contributed by atoms with Crippen molar-refractivity contribution < 1.29 is 14.5 Å². The first-order valence-corrected chi connectivity index (χ1v) is 7.19. The lowest BCUT2D eigenvalue weighted by molar-refractivity contribution is -0.554. The molecule has 0 radical (unpaired) electrons. The van der Waals surface area contributed by atoms with Gasteiger partial charge < -0.3 is 4.74 Å². The maximum Gasteiger partial charge on any atom is 0.306 e. The highest BCUT2D eigenvalue weighted by Gasteiger charge is 2.43. The summed E-state index contributed by atoms with van der Waals surface area (Å²) in [6.07, 6.45) is -0.0446. The largest absolute Gasteiger partial charge is 0.466 e. The van der Waals surface area contributed by atoms with Crippen molar-refractivity contribution in [2.45, 2.75) is 32.5 Å². The molecule has 2 unspecified atom stereocenters. The first-order chi connectivity index (χ1) is 10.1. The number of nitrogens with zero attached hydrogens (tertiary/aromatic N) is 2. The molecule has 6 heteroatoms. The molecule has 6 nitrogen and oxygen atoms in total. The van der Waals surface area contributed by atoms with Gasteiger partial charge in [0.05, 0.1) is 18.9 Å². The number of hydrogen-bond donors (Lipinski definition) is 0. The molecule has 0 N–H and O–H groups in total. The topological polar surface area (TPSA) is 72.7 Å². The predicted octanol–water partition coefficient (Wildman–Crippen LogP) is 2.06. The number of nitro groups is 1. The Kier molecular flexibility index (Phi) is 5.27. The van der Waals surface area contributed by atoms with Crippen LogP contribution in [0.4, 0.5) is 0 Å². The number of ether oxygens (including phenoxy) is 1. The van der Waals surface area contributed by atoms with Gasteiger partial charge in [0, 0.05) is 18.0 Å². The van der Waals surface area contributed by atoms with Gasteiger partial charge in [0.15, 0.2) is 0 Å². The summed E-state index contributed by atoms with van der Waals surface area (Å²) < 4.78 is 4.91. The highest BCUT2D eigenvalue weighted by Crippen LogP contribution is 2.29. The van der Waals surface area contributed by atoms with E-state index in [-0.39, 0.29) is 23.2 Å². The monoisotopic (exact) mass is 292 g/mol. The molecular weight excluding hydrogens is 272 g/mol. The quantitative estimate of drug-likeness (QED) is 0.456. The lowest BCUT2D eigenvalue weighted by Gasteiger charge is -2.20. The predicted molar refractivity (Wildman–Crippen MR) is 77.0 cm³/mol. The summed E-state index contributed by atoms with van der Waals surface area (Å²) in [5.74, 6) is -0.626. The third-order valence-electron chi connectivity index (χ3n) is 3.76. The number of esters is 1. The third-order valence-corrected chi connectivity index (χ3v) is 3.76. The van der Waals surface area contributed by atoms with Crippen LogP contribution in [0.1, 0.15) is 25.3 Å². The average molecular weight is 292 g/mol. The zero-order chi connectivity index (χ0) is 15.2. The number of hydrogen-bond acceptors (Lipinski definition) is 5. The summed E-state index contributed by atoms with van der Waals surface area (Å²) >= 11 is 0. The Morgan fingerprint density at radius 2 is 2.14 bits per heavy atom. The van der Waals surface area contributed by atoms with Crippen LogP contribution in [0.15, 0.2) is 30.3 Å². The van der Waals surface area contributed by atoms with Crippen LogP contribution >= 0.6 is 0 Å². The minimum Gasteiger partial charge on any atom is -0.466 e. The molecule has 1 heterocycles. The molecule has 0 bridgehead atoms. The summed E-state index contributed by atoms with van der Waals surface area (Å²) in [7, 11) is 0. The van der Waals surface area contributed by atoms with E-state index in [1.165, 1.54) is 0 Å². The second-order valence-corrected chi connectivity index (χ2v) is 5.21. The van der Waals surface area contributed by atoms with E-state index in [1.807, 2.05) is 35.2 Å². The first kappa shape index (κ1) is 15.4. The van der Waals surface area contributed by atoms with E-state index in [0.717, 1.165) is 5.56 Å². The fourth-order valence-corrected chi connectivity index (χ4v) is 2.85. The number of likely N-dealkylation sites (tertiary alicyclic amines) is 1. The van der Waals surface area contributed by atoms with Crippen LogP contribution < -0.4 is 0 Å². The van der Waals surface area contributed by atoms with E-state index < -0.39 is 6.17 Å². The van der Waals surface area contributed by atoms with Crippen LogP contribution in [0.5, 0.6) is 0 Å². The van der Waals surface area contributed by atoms with E-state index in [1.54, 1.807) is 6.92 Å². The minimum atomic E-state index is -0.811. The van der Waals surface area contributed by atoms with Gasteiger partial charge in [-0.05, 0) is 18.9 Å². The Hall–Kier alpha value is -1.95. The highest BCUT2D eigenvalue weighted by atomic mass is 16.6. The van der Waals surface area contributed by atoms with E-state index in [4.69, 9.17) is 4.74 Å². The molecule has 0 aliphatic carbocycles. The van der Waals surface area contributed by atoms with Crippen LogP contribution in [-0.4, -0.2) is 35.1 Å².